The first kappa shape index (κ1) is 30.8. The minimum absolute atomic E-state index is 0.0854. The predicted molar refractivity (Wildman–Crippen MR) is 151 cm³/mol. The predicted octanol–water partition coefficient (Wildman–Crippen LogP) is 3.38. The smallest absolute Gasteiger partial charge is 0.337 e. The van der Waals surface area contributed by atoms with Crippen LogP contribution in [0.2, 0.25) is 0 Å². The van der Waals surface area contributed by atoms with Gasteiger partial charge in [0.2, 0.25) is 10.0 Å². The third-order valence-corrected chi connectivity index (χ3v) is 10.6. The highest BCUT2D eigenvalue weighted by Crippen LogP contribution is 2.48. The quantitative estimate of drug-likeness (QED) is 0.297. The molecule has 0 spiro atoms. The van der Waals surface area contributed by atoms with Gasteiger partial charge in [0.25, 0.3) is 0 Å². The molecule has 2 aliphatic heterocycles. The Morgan fingerprint density at radius 2 is 2.02 bits per heavy atom. The number of esters is 1. The fraction of sp³-hybridized carbons (Fsp3) is 0.577. The van der Waals surface area contributed by atoms with Gasteiger partial charge in [0, 0.05) is 53.8 Å². The molecule has 0 radical (unpaired) electrons. The molecule has 2 atom stereocenters. The van der Waals surface area contributed by atoms with Crippen molar-refractivity contribution in [3.63, 3.8) is 0 Å². The van der Waals surface area contributed by atoms with Gasteiger partial charge in [0.1, 0.15) is 5.83 Å². The van der Waals surface area contributed by atoms with E-state index in [1.165, 1.54) is 34.9 Å². The molecule has 1 saturated heterocycles. The molecule has 3 heterocycles. The maximum atomic E-state index is 14.1. The highest BCUT2D eigenvalue weighted by atomic mass is 35.5. The number of piperidine rings is 1. The number of amidine groups is 1. The molecule has 4 rings (SSSR count). The number of nitrogens with zero attached hydrogens (tertiary/aromatic N) is 3. The van der Waals surface area contributed by atoms with Crippen LogP contribution in [-0.4, -0.2) is 88.4 Å². The maximum Gasteiger partial charge on any atom is 0.337 e. The van der Waals surface area contributed by atoms with Gasteiger partial charge < -0.3 is 19.5 Å². The molecular formula is C26H34ClFN4O6S2. The lowest BCUT2D eigenvalue weighted by atomic mass is 9.71. The normalized spacial score (nSPS) is 24.7. The molecule has 1 aliphatic carbocycles. The molecule has 1 fully saturated rings. The average molecular weight is 617 g/mol. The van der Waals surface area contributed by atoms with Gasteiger partial charge in [-0.25, -0.2) is 26.9 Å². The highest BCUT2D eigenvalue weighted by Gasteiger charge is 2.47. The lowest BCUT2D eigenvalue weighted by molar-refractivity contribution is -0.136. The van der Waals surface area contributed by atoms with E-state index in [0.29, 0.717) is 48.2 Å². The first-order valence-electron chi connectivity index (χ1n) is 13.0. The van der Waals surface area contributed by atoms with Gasteiger partial charge in [-0.1, -0.05) is 18.5 Å². The van der Waals surface area contributed by atoms with Crippen molar-refractivity contribution in [3.8, 4) is 0 Å². The summed E-state index contributed by atoms with van der Waals surface area (Å²) in [6.07, 6.45) is 5.52. The molecule has 220 valence electrons. The van der Waals surface area contributed by atoms with E-state index < -0.39 is 33.3 Å². The second-order valence-corrected chi connectivity index (χ2v) is 13.3. The minimum atomic E-state index is -3.52. The molecule has 1 unspecified atom stereocenters. The van der Waals surface area contributed by atoms with Crippen LogP contribution in [0.5, 0.6) is 0 Å². The van der Waals surface area contributed by atoms with Crippen LogP contribution in [0.4, 0.5) is 4.39 Å². The maximum absolute atomic E-state index is 14.1. The molecule has 1 N–H and O–H groups in total. The van der Waals surface area contributed by atoms with Gasteiger partial charge in [-0.2, -0.15) is 0 Å². The Hall–Kier alpha value is -2.16. The van der Waals surface area contributed by atoms with Crippen LogP contribution in [-0.2, 0) is 29.0 Å². The van der Waals surface area contributed by atoms with Crippen LogP contribution in [0, 0.1) is 11.3 Å². The molecular weight excluding hydrogens is 583 g/mol. The van der Waals surface area contributed by atoms with Gasteiger partial charge in [0.05, 0.1) is 44.3 Å². The van der Waals surface area contributed by atoms with E-state index in [9.17, 15) is 17.6 Å². The lowest BCUT2D eigenvalue weighted by Gasteiger charge is -2.42. The number of rotatable bonds is 11. The fourth-order valence-corrected chi connectivity index (χ4v) is 7.31. The number of allylic oxidation sites excluding steroid dienone is 4. The number of halogens is 2. The van der Waals surface area contributed by atoms with Gasteiger partial charge in [0.15, 0.2) is 10.8 Å². The summed E-state index contributed by atoms with van der Waals surface area (Å²) >= 11 is 8.01. The molecule has 3 aliphatic rings. The van der Waals surface area contributed by atoms with Crippen molar-refractivity contribution in [2.45, 2.75) is 32.2 Å². The van der Waals surface area contributed by atoms with Crippen molar-refractivity contribution in [2.75, 3.05) is 52.9 Å². The van der Waals surface area contributed by atoms with E-state index in [2.05, 4.69) is 10.3 Å². The zero-order valence-corrected chi connectivity index (χ0v) is 25.1. The summed E-state index contributed by atoms with van der Waals surface area (Å²) in [6.45, 7) is 3.22. The standard InChI is InChI=1S/C26H34ClFN4O6S2/c1-26(7-4-18(28)16-19(26)27)22-20(25(33)37-3)21(30-23(31-22)24-29-8-14-39-24)17-5-9-32(10-6-17)40(34,35)15-13-38-12-11-36-2/h4,8,14,16-17,22H,5-7,9-13,15H2,1-3H3,(H,30,31)/t22-,26?/m0/s1. The fourth-order valence-electron chi connectivity index (χ4n) is 5.09. The highest BCUT2D eigenvalue weighted by molar-refractivity contribution is 7.89. The van der Waals surface area contributed by atoms with Crippen molar-refractivity contribution in [2.24, 2.45) is 16.3 Å². The van der Waals surface area contributed by atoms with Crippen molar-refractivity contribution in [1.29, 1.82) is 0 Å². The number of aromatic nitrogens is 1. The zero-order chi connectivity index (χ0) is 28.9. The number of thiazole rings is 1. The first-order valence-corrected chi connectivity index (χ1v) is 15.8. The van der Waals surface area contributed by atoms with Crippen LogP contribution in [0.25, 0.3) is 0 Å². The number of ether oxygens (including phenoxy) is 3. The number of sulfonamides is 1. The number of carbonyl (C=O) groups is 1. The van der Waals surface area contributed by atoms with Gasteiger partial charge in [-0.15, -0.1) is 11.3 Å². The minimum Gasteiger partial charge on any atom is -0.466 e. The Balaban J connectivity index is 1.62. The molecule has 0 saturated carbocycles. The third kappa shape index (κ3) is 6.66. The number of methoxy groups -OCH3 is 2. The first-order chi connectivity index (χ1) is 19.1. The summed E-state index contributed by atoms with van der Waals surface area (Å²) in [5.74, 6) is -0.841. The van der Waals surface area contributed by atoms with Crippen LogP contribution in [0.3, 0.4) is 0 Å². The number of hydrogen-bond acceptors (Lipinski definition) is 10. The molecule has 0 bridgehead atoms. The van der Waals surface area contributed by atoms with E-state index >= 15 is 0 Å². The van der Waals surface area contributed by atoms with Gasteiger partial charge in [-0.05, 0) is 31.4 Å². The number of nitrogens with one attached hydrogen (secondary N) is 1. The number of hydrogen-bond donors (Lipinski definition) is 1. The summed E-state index contributed by atoms with van der Waals surface area (Å²) in [5.41, 5.74) is 0.00163. The molecule has 1 aromatic heterocycles. The lowest BCUT2D eigenvalue weighted by Crippen LogP contribution is -2.48. The van der Waals surface area contributed by atoms with Crippen molar-refractivity contribution < 1.29 is 31.8 Å². The van der Waals surface area contributed by atoms with Gasteiger partial charge in [-0.3, -0.25) is 4.99 Å². The summed E-state index contributed by atoms with van der Waals surface area (Å²) in [4.78, 5) is 22.6. The van der Waals surface area contributed by atoms with E-state index in [4.69, 9.17) is 30.8 Å². The topological polar surface area (TPSA) is 119 Å². The Morgan fingerprint density at radius 1 is 1.27 bits per heavy atom. The zero-order valence-electron chi connectivity index (χ0n) is 22.7. The van der Waals surface area contributed by atoms with Crippen molar-refractivity contribution in [1.82, 2.24) is 14.6 Å². The Kier molecular flexibility index (Phi) is 10.2. The van der Waals surface area contributed by atoms with Crippen molar-refractivity contribution in [3.05, 3.63) is 50.9 Å². The van der Waals surface area contributed by atoms with Crippen LogP contribution >= 0.6 is 22.9 Å². The van der Waals surface area contributed by atoms with E-state index in [1.807, 2.05) is 12.3 Å². The number of carbonyl (C=O) groups excluding carboxylic acids is 1. The summed E-state index contributed by atoms with van der Waals surface area (Å²) in [5, 5.41) is 6.03. The Morgan fingerprint density at radius 3 is 2.65 bits per heavy atom. The largest absolute Gasteiger partial charge is 0.466 e. The van der Waals surface area contributed by atoms with Crippen molar-refractivity contribution >= 4 is 44.8 Å². The molecule has 1 aromatic rings. The summed E-state index contributed by atoms with van der Waals surface area (Å²) < 4.78 is 56.9. The monoisotopic (exact) mass is 616 g/mol. The van der Waals surface area contributed by atoms with Crippen LogP contribution in [0.1, 0.15) is 31.2 Å². The van der Waals surface area contributed by atoms with Crippen LogP contribution in [0.15, 0.2) is 50.9 Å². The number of aliphatic imine (C=N–C) groups is 1. The summed E-state index contributed by atoms with van der Waals surface area (Å²) in [7, 11) is -0.662. The molecule has 0 amide bonds. The Labute approximate surface area is 243 Å². The third-order valence-electron chi connectivity index (χ3n) is 7.42. The van der Waals surface area contributed by atoms with Crippen LogP contribution < -0.4 is 5.32 Å². The van der Waals surface area contributed by atoms with E-state index in [1.54, 1.807) is 13.3 Å². The molecule has 10 nitrogen and oxygen atoms in total. The second-order valence-electron chi connectivity index (χ2n) is 9.96. The summed E-state index contributed by atoms with van der Waals surface area (Å²) in [6, 6.07) is -0.783. The van der Waals surface area contributed by atoms with E-state index in [0.717, 1.165) is 0 Å². The second kappa shape index (κ2) is 13.2. The average Bonchev–Trinajstić information content (AvgIpc) is 3.49. The molecule has 14 heteroatoms. The molecule has 40 heavy (non-hydrogen) atoms. The SMILES string of the molecule is COCCOCCS(=O)(=O)N1CCC(C2=C(C(=O)OC)[C@@H](C3(C)CC=C(F)C=C3Cl)N=C(c3nccs3)N2)CC1. The Bertz CT molecular complexity index is 1310. The van der Waals surface area contributed by atoms with Gasteiger partial charge >= 0.3 is 5.97 Å². The molecule has 0 aromatic carbocycles. The van der Waals surface area contributed by atoms with E-state index in [-0.39, 0.29) is 42.8 Å².